The summed E-state index contributed by atoms with van der Waals surface area (Å²) in [6.07, 6.45) is 9.00. The van der Waals surface area contributed by atoms with Gasteiger partial charge in [-0.1, -0.05) is 30.4 Å². The van der Waals surface area contributed by atoms with Crippen molar-refractivity contribution in [3.8, 4) is 11.5 Å². The maximum absolute atomic E-state index is 12.2. The van der Waals surface area contributed by atoms with Crippen LogP contribution in [0.4, 0.5) is 0 Å². The van der Waals surface area contributed by atoms with Crippen LogP contribution in [0.2, 0.25) is 0 Å². The number of aldehydes is 1. The van der Waals surface area contributed by atoms with Crippen LogP contribution in [0, 0.1) is 5.92 Å². The summed E-state index contributed by atoms with van der Waals surface area (Å²) in [5.41, 5.74) is 3.76. The van der Waals surface area contributed by atoms with Gasteiger partial charge in [-0.3, -0.25) is 9.59 Å². The van der Waals surface area contributed by atoms with Crippen molar-refractivity contribution in [1.82, 2.24) is 10.2 Å². The maximum Gasteiger partial charge on any atom is 0.231 e. The zero-order valence-electron chi connectivity index (χ0n) is 19.0. The third kappa shape index (κ3) is 4.53. The second-order valence-electron chi connectivity index (χ2n) is 9.39. The van der Waals surface area contributed by atoms with Gasteiger partial charge in [-0.15, -0.1) is 0 Å². The summed E-state index contributed by atoms with van der Waals surface area (Å²) < 4.78 is 10.9. The number of hydrogen-bond acceptors (Lipinski definition) is 5. The Bertz CT molecular complexity index is 1100. The molecular weight excluding hydrogens is 416 g/mol. The third-order valence-corrected chi connectivity index (χ3v) is 7.15. The quantitative estimate of drug-likeness (QED) is 0.687. The summed E-state index contributed by atoms with van der Waals surface area (Å²) in [4.78, 5) is 25.9. The van der Waals surface area contributed by atoms with Crippen LogP contribution in [0.25, 0.3) is 6.08 Å². The summed E-state index contributed by atoms with van der Waals surface area (Å²) in [6, 6.07) is 12.0. The number of piperidine rings is 1. The molecule has 0 spiro atoms. The first kappa shape index (κ1) is 21.7. The van der Waals surface area contributed by atoms with Crippen LogP contribution in [0.3, 0.4) is 0 Å². The molecule has 33 heavy (non-hydrogen) atoms. The Kier molecular flexibility index (Phi) is 5.94. The summed E-state index contributed by atoms with van der Waals surface area (Å²) in [5.74, 6) is 1.96. The molecule has 0 aromatic heterocycles. The molecule has 2 aromatic rings. The Hall–Kier alpha value is -3.12. The molecule has 2 aromatic carbocycles. The molecule has 1 aliphatic carbocycles. The molecule has 1 fully saturated rings. The number of ether oxygens (including phenoxy) is 2. The molecule has 5 rings (SSSR count). The van der Waals surface area contributed by atoms with Crippen molar-refractivity contribution in [2.75, 3.05) is 26.4 Å². The van der Waals surface area contributed by atoms with Gasteiger partial charge in [0.15, 0.2) is 11.5 Å². The fraction of sp³-hybridized carbons (Fsp3) is 0.407. The molecule has 2 aliphatic heterocycles. The van der Waals surface area contributed by atoms with Crippen molar-refractivity contribution in [3.63, 3.8) is 0 Å². The van der Waals surface area contributed by atoms with Gasteiger partial charge in [-0.2, -0.15) is 0 Å². The molecular formula is C27H30N2O4. The number of rotatable bonds is 6. The highest BCUT2D eigenvalue weighted by atomic mass is 16.7. The van der Waals surface area contributed by atoms with E-state index in [-0.39, 0.29) is 5.91 Å². The highest BCUT2D eigenvalue weighted by Crippen LogP contribution is 2.37. The molecule has 6 nitrogen and oxygen atoms in total. The minimum absolute atomic E-state index is 0.00917. The Balaban J connectivity index is 1.30. The molecule has 1 saturated heterocycles. The lowest BCUT2D eigenvalue weighted by atomic mass is 9.71. The summed E-state index contributed by atoms with van der Waals surface area (Å²) in [6.45, 7) is 4.87. The van der Waals surface area contributed by atoms with E-state index >= 15 is 0 Å². The molecule has 2 heterocycles. The van der Waals surface area contributed by atoms with Crippen LogP contribution in [0.15, 0.2) is 42.5 Å². The zero-order valence-corrected chi connectivity index (χ0v) is 19.0. The number of nitrogens with zero attached hydrogens (tertiary/aromatic N) is 1. The van der Waals surface area contributed by atoms with Crippen molar-refractivity contribution in [1.29, 1.82) is 0 Å². The zero-order chi connectivity index (χ0) is 22.8. The third-order valence-electron chi connectivity index (χ3n) is 7.15. The topological polar surface area (TPSA) is 67.9 Å². The number of nitrogens with one attached hydrogen (secondary N) is 1. The number of likely N-dealkylation sites (tertiary alicyclic amines) is 1. The first-order valence-corrected chi connectivity index (χ1v) is 11.7. The lowest BCUT2D eigenvalue weighted by Crippen LogP contribution is -2.58. The van der Waals surface area contributed by atoms with Gasteiger partial charge in [0.25, 0.3) is 0 Å². The van der Waals surface area contributed by atoms with Crippen molar-refractivity contribution >= 4 is 18.3 Å². The predicted molar refractivity (Wildman–Crippen MR) is 127 cm³/mol. The number of benzene rings is 2. The van der Waals surface area contributed by atoms with Crippen LogP contribution in [-0.2, 0) is 17.6 Å². The Labute approximate surface area is 194 Å². The monoisotopic (exact) mass is 446 g/mol. The van der Waals surface area contributed by atoms with Gasteiger partial charge < -0.3 is 19.7 Å². The molecule has 0 radical (unpaired) electrons. The van der Waals surface area contributed by atoms with Crippen LogP contribution in [-0.4, -0.2) is 49.1 Å². The van der Waals surface area contributed by atoms with Gasteiger partial charge in [0.1, 0.15) is 6.29 Å². The van der Waals surface area contributed by atoms with E-state index in [4.69, 9.17) is 9.47 Å². The predicted octanol–water partition coefficient (Wildman–Crippen LogP) is 3.63. The van der Waals surface area contributed by atoms with Crippen LogP contribution in [0.5, 0.6) is 11.5 Å². The Morgan fingerprint density at radius 2 is 2.09 bits per heavy atom. The molecule has 6 heteroatoms. The van der Waals surface area contributed by atoms with E-state index < -0.39 is 5.54 Å². The fourth-order valence-electron chi connectivity index (χ4n) is 5.47. The second-order valence-corrected chi connectivity index (χ2v) is 9.39. The maximum atomic E-state index is 12.2. The minimum atomic E-state index is -0.404. The van der Waals surface area contributed by atoms with Crippen LogP contribution >= 0.6 is 0 Å². The van der Waals surface area contributed by atoms with Gasteiger partial charge in [0, 0.05) is 32.0 Å². The van der Waals surface area contributed by atoms with Crippen molar-refractivity contribution in [2.45, 2.75) is 38.1 Å². The summed E-state index contributed by atoms with van der Waals surface area (Å²) >= 11 is 0. The number of hydrogen-bond donors (Lipinski definition) is 1. The van der Waals surface area contributed by atoms with E-state index in [1.54, 1.807) is 6.92 Å². The molecule has 2 unspecified atom stereocenters. The number of fused-ring (bicyclic) bond motifs is 2. The van der Waals surface area contributed by atoms with Crippen molar-refractivity contribution in [3.05, 3.63) is 64.7 Å². The van der Waals surface area contributed by atoms with Crippen LogP contribution < -0.4 is 14.8 Å². The number of amides is 1. The number of carbonyl (C=O) groups is 2. The van der Waals surface area contributed by atoms with Gasteiger partial charge in [-0.25, -0.2) is 0 Å². The minimum Gasteiger partial charge on any atom is -0.454 e. The average molecular weight is 447 g/mol. The first-order chi connectivity index (χ1) is 16.0. The molecule has 3 aliphatic rings. The largest absolute Gasteiger partial charge is 0.454 e. The SMILES string of the molecule is CC(=O)NC1(C2CCCN(CCc3ccc4c(c3)OCO4)C2)C=Cc2cc(C=O)ccc2C1. The van der Waals surface area contributed by atoms with Crippen LogP contribution in [0.1, 0.15) is 46.8 Å². The van der Waals surface area contributed by atoms with E-state index in [2.05, 4.69) is 34.5 Å². The standard InChI is InChI=1S/C27H30N2O4/c1-19(31)28-27(10-8-22-13-21(17-30)4-6-23(22)15-27)24-3-2-11-29(16-24)12-9-20-5-7-25-26(14-20)33-18-32-25/h4-8,10,13-14,17,24H,2-3,9,11-12,15-16,18H2,1H3,(H,28,31). The highest BCUT2D eigenvalue weighted by molar-refractivity contribution is 5.79. The average Bonchev–Trinajstić information content (AvgIpc) is 3.30. The van der Waals surface area contributed by atoms with E-state index in [9.17, 15) is 9.59 Å². The smallest absolute Gasteiger partial charge is 0.231 e. The van der Waals surface area contributed by atoms with Gasteiger partial charge in [0.2, 0.25) is 12.7 Å². The molecule has 0 bridgehead atoms. The molecule has 2 atom stereocenters. The Morgan fingerprint density at radius 1 is 1.21 bits per heavy atom. The summed E-state index contributed by atoms with van der Waals surface area (Å²) in [5, 5.41) is 3.30. The lowest BCUT2D eigenvalue weighted by molar-refractivity contribution is -0.121. The summed E-state index contributed by atoms with van der Waals surface area (Å²) in [7, 11) is 0. The fourth-order valence-corrected chi connectivity index (χ4v) is 5.47. The highest BCUT2D eigenvalue weighted by Gasteiger charge is 2.41. The van der Waals surface area contributed by atoms with E-state index in [0.29, 0.717) is 18.3 Å². The van der Waals surface area contributed by atoms with Gasteiger partial charge >= 0.3 is 0 Å². The Morgan fingerprint density at radius 3 is 2.94 bits per heavy atom. The first-order valence-electron chi connectivity index (χ1n) is 11.7. The molecule has 172 valence electrons. The van der Waals surface area contributed by atoms with Gasteiger partial charge in [-0.05, 0) is 66.6 Å². The molecule has 1 N–H and O–H groups in total. The lowest BCUT2D eigenvalue weighted by Gasteiger charge is -2.46. The number of carbonyl (C=O) groups excluding carboxylic acids is 2. The van der Waals surface area contributed by atoms with E-state index in [0.717, 1.165) is 68.7 Å². The molecule has 0 saturated carbocycles. The van der Waals surface area contributed by atoms with Crippen molar-refractivity contribution < 1.29 is 19.1 Å². The molecule has 1 amide bonds. The van der Waals surface area contributed by atoms with Gasteiger partial charge in [0.05, 0.1) is 5.54 Å². The second kappa shape index (κ2) is 9.02. The normalized spacial score (nSPS) is 23.7. The van der Waals surface area contributed by atoms with E-state index in [1.807, 2.05) is 24.3 Å². The van der Waals surface area contributed by atoms with E-state index in [1.165, 1.54) is 11.1 Å². The van der Waals surface area contributed by atoms with Crippen molar-refractivity contribution in [2.24, 2.45) is 5.92 Å².